The zero-order valence-electron chi connectivity index (χ0n) is 12.3. The molecule has 0 unspecified atom stereocenters. The third kappa shape index (κ3) is 3.11. The fourth-order valence-electron chi connectivity index (χ4n) is 2.39. The molecule has 1 aromatic heterocycles. The lowest BCUT2D eigenvalue weighted by molar-refractivity contribution is 1.02. The summed E-state index contributed by atoms with van der Waals surface area (Å²) >= 11 is 0. The van der Waals surface area contributed by atoms with Crippen LogP contribution in [0.5, 0.6) is 0 Å². The molecule has 0 N–H and O–H groups in total. The van der Waals surface area contributed by atoms with Gasteiger partial charge in [0.15, 0.2) is 0 Å². The largest absolute Gasteiger partial charge is 0.321 e. The van der Waals surface area contributed by atoms with Gasteiger partial charge in [-0.25, -0.2) is 0 Å². The summed E-state index contributed by atoms with van der Waals surface area (Å²) in [6.07, 6.45) is 4.03. The van der Waals surface area contributed by atoms with E-state index in [1.54, 1.807) is 0 Å². The first-order chi connectivity index (χ1) is 10.2. The first-order valence-electron chi connectivity index (χ1n) is 7.07. The number of rotatable bonds is 3. The van der Waals surface area contributed by atoms with Crippen molar-refractivity contribution >= 4 is 11.9 Å². The quantitative estimate of drug-likeness (QED) is 0.608. The van der Waals surface area contributed by atoms with Crippen LogP contribution in [0.15, 0.2) is 71.9 Å². The molecule has 0 saturated heterocycles. The number of aryl methyl sites for hydroxylation is 2. The van der Waals surface area contributed by atoms with Crippen LogP contribution in [0.3, 0.4) is 0 Å². The fraction of sp³-hybridized carbons (Fsp3) is 0.105. The Balaban J connectivity index is 1.88. The number of nitrogens with zero attached hydrogens (tertiary/aromatic N) is 2. The lowest BCUT2D eigenvalue weighted by atomic mass is 10.2. The number of aromatic nitrogens is 1. The van der Waals surface area contributed by atoms with E-state index in [-0.39, 0.29) is 0 Å². The molecule has 3 aromatic rings. The van der Waals surface area contributed by atoms with Gasteiger partial charge in [0.25, 0.3) is 0 Å². The Kier molecular flexibility index (Phi) is 3.69. The summed E-state index contributed by atoms with van der Waals surface area (Å²) in [5.41, 5.74) is 5.69. The van der Waals surface area contributed by atoms with Crippen LogP contribution in [-0.4, -0.2) is 10.8 Å². The molecule has 3 rings (SSSR count). The second-order valence-corrected chi connectivity index (χ2v) is 5.22. The van der Waals surface area contributed by atoms with Gasteiger partial charge in [-0.05, 0) is 49.7 Å². The summed E-state index contributed by atoms with van der Waals surface area (Å²) in [5, 5.41) is 0. The number of para-hydroxylation sites is 1. The van der Waals surface area contributed by atoms with Gasteiger partial charge in [0.05, 0.1) is 5.69 Å². The van der Waals surface area contributed by atoms with Gasteiger partial charge in [-0.3, -0.25) is 4.99 Å². The van der Waals surface area contributed by atoms with Crippen molar-refractivity contribution in [2.75, 3.05) is 0 Å². The molecule has 0 aliphatic heterocycles. The second-order valence-electron chi connectivity index (χ2n) is 5.22. The summed E-state index contributed by atoms with van der Waals surface area (Å²) in [6.45, 7) is 4.19. The molecular formula is C19H18N2. The van der Waals surface area contributed by atoms with Crippen LogP contribution >= 0.6 is 0 Å². The SMILES string of the molecule is Cc1cccc(N=Cc2cc(C)n(-c3ccccc3)c2)c1. The van der Waals surface area contributed by atoms with Gasteiger partial charge < -0.3 is 4.57 Å². The van der Waals surface area contributed by atoms with Gasteiger partial charge in [-0.1, -0.05) is 30.3 Å². The predicted molar refractivity (Wildman–Crippen MR) is 88.9 cm³/mol. The van der Waals surface area contributed by atoms with Crippen LogP contribution in [0, 0.1) is 13.8 Å². The molecule has 0 amide bonds. The van der Waals surface area contributed by atoms with Crippen LogP contribution in [0.1, 0.15) is 16.8 Å². The Morgan fingerprint density at radius 3 is 2.48 bits per heavy atom. The highest BCUT2D eigenvalue weighted by atomic mass is 15.0. The van der Waals surface area contributed by atoms with Crippen molar-refractivity contribution in [1.29, 1.82) is 0 Å². The molecule has 0 saturated carbocycles. The summed E-state index contributed by atoms with van der Waals surface area (Å²) < 4.78 is 2.18. The van der Waals surface area contributed by atoms with Crippen LogP contribution < -0.4 is 0 Å². The third-order valence-corrected chi connectivity index (χ3v) is 3.43. The minimum absolute atomic E-state index is 0.986. The van der Waals surface area contributed by atoms with Gasteiger partial charge in [0.2, 0.25) is 0 Å². The van der Waals surface area contributed by atoms with E-state index in [0.717, 1.165) is 11.3 Å². The zero-order valence-corrected chi connectivity index (χ0v) is 12.3. The van der Waals surface area contributed by atoms with E-state index < -0.39 is 0 Å². The molecule has 104 valence electrons. The molecule has 1 heterocycles. The second kappa shape index (κ2) is 5.80. The van der Waals surface area contributed by atoms with Crippen molar-refractivity contribution < 1.29 is 0 Å². The first-order valence-corrected chi connectivity index (χ1v) is 7.07. The van der Waals surface area contributed by atoms with Gasteiger partial charge in [0, 0.05) is 29.4 Å². The lowest BCUT2D eigenvalue weighted by Crippen LogP contribution is -1.93. The summed E-state index contributed by atoms with van der Waals surface area (Å²) in [4.78, 5) is 4.55. The van der Waals surface area contributed by atoms with Gasteiger partial charge in [-0.15, -0.1) is 0 Å². The van der Waals surface area contributed by atoms with Gasteiger partial charge in [0.1, 0.15) is 0 Å². The summed E-state index contributed by atoms with van der Waals surface area (Å²) in [5.74, 6) is 0. The van der Waals surface area contributed by atoms with E-state index >= 15 is 0 Å². The standard InChI is InChI=1S/C19H18N2/c1-15-7-6-8-18(11-15)20-13-17-12-16(2)21(14-17)19-9-4-3-5-10-19/h3-14H,1-2H3. The van der Waals surface area contributed by atoms with Crippen LogP contribution in [-0.2, 0) is 0 Å². The molecule has 0 aliphatic carbocycles. The molecule has 21 heavy (non-hydrogen) atoms. The van der Waals surface area contributed by atoms with Crippen molar-refractivity contribution in [3.8, 4) is 5.69 Å². The fourth-order valence-corrected chi connectivity index (χ4v) is 2.39. The Labute approximate surface area is 125 Å². The van der Waals surface area contributed by atoms with Crippen molar-refractivity contribution in [3.05, 3.63) is 83.7 Å². The van der Waals surface area contributed by atoms with E-state index in [9.17, 15) is 0 Å². The molecule has 2 heteroatoms. The van der Waals surface area contributed by atoms with Gasteiger partial charge >= 0.3 is 0 Å². The molecule has 2 aromatic carbocycles. The maximum Gasteiger partial charge on any atom is 0.0632 e. The van der Waals surface area contributed by atoms with E-state index in [0.29, 0.717) is 0 Å². The molecular weight excluding hydrogens is 256 g/mol. The average Bonchev–Trinajstić information content (AvgIpc) is 2.87. The molecule has 0 bridgehead atoms. The van der Waals surface area contributed by atoms with E-state index in [1.165, 1.54) is 16.9 Å². The predicted octanol–water partition coefficient (Wildman–Crippen LogP) is 4.84. The molecule has 2 nitrogen and oxygen atoms in total. The number of hydrogen-bond donors (Lipinski definition) is 0. The Morgan fingerprint density at radius 1 is 0.905 bits per heavy atom. The Morgan fingerprint density at radius 2 is 1.71 bits per heavy atom. The topological polar surface area (TPSA) is 17.3 Å². The van der Waals surface area contributed by atoms with E-state index in [1.807, 2.05) is 24.4 Å². The van der Waals surface area contributed by atoms with Crippen LogP contribution in [0.2, 0.25) is 0 Å². The van der Waals surface area contributed by atoms with Gasteiger partial charge in [-0.2, -0.15) is 0 Å². The molecule has 0 fully saturated rings. The highest BCUT2D eigenvalue weighted by molar-refractivity contribution is 5.82. The Bertz CT molecular complexity index is 767. The van der Waals surface area contributed by atoms with Crippen LogP contribution in [0.4, 0.5) is 5.69 Å². The number of hydrogen-bond acceptors (Lipinski definition) is 1. The first kappa shape index (κ1) is 13.4. The zero-order chi connectivity index (χ0) is 14.7. The highest BCUT2D eigenvalue weighted by Crippen LogP contribution is 2.16. The highest BCUT2D eigenvalue weighted by Gasteiger charge is 2.02. The normalized spacial score (nSPS) is 11.1. The van der Waals surface area contributed by atoms with Crippen molar-refractivity contribution in [2.45, 2.75) is 13.8 Å². The molecule has 0 spiro atoms. The molecule has 0 aliphatic rings. The molecule has 0 atom stereocenters. The van der Waals surface area contributed by atoms with Crippen molar-refractivity contribution in [1.82, 2.24) is 4.57 Å². The maximum absolute atomic E-state index is 4.55. The van der Waals surface area contributed by atoms with E-state index in [2.05, 4.69) is 72.1 Å². The number of aliphatic imine (C=N–C) groups is 1. The lowest BCUT2D eigenvalue weighted by Gasteiger charge is -2.04. The van der Waals surface area contributed by atoms with Crippen molar-refractivity contribution in [2.24, 2.45) is 4.99 Å². The minimum Gasteiger partial charge on any atom is -0.321 e. The average molecular weight is 274 g/mol. The summed E-state index contributed by atoms with van der Waals surface area (Å²) in [6, 6.07) is 20.7. The smallest absolute Gasteiger partial charge is 0.0632 e. The van der Waals surface area contributed by atoms with Crippen molar-refractivity contribution in [3.63, 3.8) is 0 Å². The molecule has 0 radical (unpaired) electrons. The van der Waals surface area contributed by atoms with E-state index in [4.69, 9.17) is 0 Å². The maximum atomic E-state index is 4.55. The minimum atomic E-state index is 0.986. The van der Waals surface area contributed by atoms with Crippen LogP contribution in [0.25, 0.3) is 5.69 Å². The Hall–Kier alpha value is -2.61. The summed E-state index contributed by atoms with van der Waals surface area (Å²) in [7, 11) is 0. The monoisotopic (exact) mass is 274 g/mol. The third-order valence-electron chi connectivity index (χ3n) is 3.43. The number of benzene rings is 2.